The molecule has 0 fully saturated rings. The second kappa shape index (κ2) is 39.4. The number of phosphoric ester groups is 1. The van der Waals surface area contributed by atoms with Gasteiger partial charge in [0.05, 0.1) is 26.4 Å². The van der Waals surface area contributed by atoms with E-state index in [9.17, 15) is 29.3 Å². The fourth-order valence-electron chi connectivity index (χ4n) is 5.74. The van der Waals surface area contributed by atoms with Crippen LogP contribution in [0.4, 0.5) is 0 Å². The van der Waals surface area contributed by atoms with E-state index in [1.165, 1.54) is 70.6 Å². The molecular formula is C43H79O10P. The molecule has 3 N–H and O–H groups in total. The number of ether oxygens (including phenoxy) is 2. The van der Waals surface area contributed by atoms with Gasteiger partial charge in [-0.25, -0.2) is 4.57 Å². The SMILES string of the molecule is CCC/C=C\CCCCCCCC(=O)OC(CO)COP(=O)(O)OCC(CO)OC(=O)CCCCCCCCCCC/C=C\C/C=C\CCCCCCC. The first-order valence-electron chi connectivity index (χ1n) is 21.4. The van der Waals surface area contributed by atoms with Crippen LogP contribution in [0.15, 0.2) is 36.5 Å². The van der Waals surface area contributed by atoms with Crippen LogP contribution in [-0.2, 0) is 32.7 Å². The maximum atomic E-state index is 12.3. The van der Waals surface area contributed by atoms with Crippen molar-refractivity contribution in [3.63, 3.8) is 0 Å². The number of allylic oxidation sites excluding steroid dienone is 6. The zero-order valence-electron chi connectivity index (χ0n) is 34.2. The van der Waals surface area contributed by atoms with Crippen molar-refractivity contribution < 1.29 is 47.8 Å². The molecule has 0 aliphatic carbocycles. The summed E-state index contributed by atoms with van der Waals surface area (Å²) in [6.45, 7) is 2.11. The maximum Gasteiger partial charge on any atom is 0.472 e. The van der Waals surface area contributed by atoms with Crippen molar-refractivity contribution in [3.05, 3.63) is 36.5 Å². The highest BCUT2D eigenvalue weighted by Gasteiger charge is 2.27. The van der Waals surface area contributed by atoms with Crippen molar-refractivity contribution in [2.45, 2.75) is 199 Å². The molecule has 0 bridgehead atoms. The summed E-state index contributed by atoms with van der Waals surface area (Å²) in [4.78, 5) is 34.4. The van der Waals surface area contributed by atoms with Gasteiger partial charge >= 0.3 is 19.8 Å². The van der Waals surface area contributed by atoms with Crippen molar-refractivity contribution in [1.29, 1.82) is 0 Å². The average molecular weight is 787 g/mol. The summed E-state index contributed by atoms with van der Waals surface area (Å²) in [5.41, 5.74) is 0. The Morgan fingerprint density at radius 2 is 0.852 bits per heavy atom. The fraction of sp³-hybridized carbons (Fsp3) is 0.814. The minimum atomic E-state index is -4.63. The van der Waals surface area contributed by atoms with Crippen LogP contribution in [0.25, 0.3) is 0 Å². The van der Waals surface area contributed by atoms with Crippen LogP contribution >= 0.6 is 7.82 Å². The zero-order chi connectivity index (χ0) is 39.8. The van der Waals surface area contributed by atoms with E-state index < -0.39 is 58.4 Å². The summed E-state index contributed by atoms with van der Waals surface area (Å²) >= 11 is 0. The van der Waals surface area contributed by atoms with Gasteiger partial charge in [-0.15, -0.1) is 0 Å². The van der Waals surface area contributed by atoms with E-state index in [1.807, 2.05) is 0 Å². The third-order valence-corrected chi connectivity index (χ3v) is 10.0. The summed E-state index contributed by atoms with van der Waals surface area (Å²) < 4.78 is 32.5. The van der Waals surface area contributed by atoms with Gasteiger partial charge in [-0.2, -0.15) is 0 Å². The van der Waals surface area contributed by atoms with Crippen LogP contribution < -0.4 is 0 Å². The Morgan fingerprint density at radius 3 is 1.24 bits per heavy atom. The smallest absolute Gasteiger partial charge is 0.457 e. The second-order valence-electron chi connectivity index (χ2n) is 14.3. The molecule has 316 valence electrons. The average Bonchev–Trinajstić information content (AvgIpc) is 3.16. The normalized spacial score (nSPS) is 14.2. The van der Waals surface area contributed by atoms with Gasteiger partial charge in [0.25, 0.3) is 0 Å². The Hall–Kier alpha value is -1.81. The summed E-state index contributed by atoms with van der Waals surface area (Å²) in [7, 11) is -4.63. The minimum Gasteiger partial charge on any atom is -0.457 e. The van der Waals surface area contributed by atoms with Gasteiger partial charge in [-0.05, 0) is 64.2 Å². The van der Waals surface area contributed by atoms with Crippen LogP contribution in [0.3, 0.4) is 0 Å². The van der Waals surface area contributed by atoms with Gasteiger partial charge < -0.3 is 24.6 Å². The third-order valence-electron chi connectivity index (χ3n) is 9.06. The molecule has 54 heavy (non-hydrogen) atoms. The number of esters is 2. The van der Waals surface area contributed by atoms with Crippen LogP contribution in [0.5, 0.6) is 0 Å². The number of rotatable bonds is 40. The molecule has 0 aliphatic heterocycles. The highest BCUT2D eigenvalue weighted by Crippen LogP contribution is 2.43. The lowest BCUT2D eigenvalue weighted by atomic mass is 10.1. The number of hydrogen-bond donors (Lipinski definition) is 3. The predicted molar refractivity (Wildman–Crippen MR) is 219 cm³/mol. The number of hydrogen-bond acceptors (Lipinski definition) is 9. The predicted octanol–water partition coefficient (Wildman–Crippen LogP) is 11.2. The molecule has 0 aromatic carbocycles. The molecule has 0 aliphatic rings. The Balaban J connectivity index is 3.89. The standard InChI is InChI=1S/C43H79O10P/c1-3-5-7-9-11-13-15-16-17-18-19-20-21-22-23-24-25-27-29-31-33-35-43(47)53-41(37-45)39-51-54(48,49)50-38-40(36-44)52-42(46)34-32-30-28-26-14-12-10-8-6-4-2/h8,10,15-16,18-19,40-41,44-45H,3-7,9,11-14,17,20-39H2,1-2H3,(H,48,49)/b10-8-,16-15-,19-18-. The molecule has 3 unspecified atom stereocenters. The van der Waals surface area contributed by atoms with Crippen LogP contribution in [-0.4, -0.2) is 65.7 Å². The van der Waals surface area contributed by atoms with E-state index in [0.29, 0.717) is 12.8 Å². The minimum absolute atomic E-state index is 0.181. The van der Waals surface area contributed by atoms with Gasteiger partial charge in [0, 0.05) is 12.8 Å². The Labute approximate surface area is 329 Å². The molecule has 3 atom stereocenters. The summed E-state index contributed by atoms with van der Waals surface area (Å²) in [6, 6.07) is 0. The molecule has 10 nitrogen and oxygen atoms in total. The number of unbranched alkanes of at least 4 members (excludes halogenated alkanes) is 20. The molecule has 11 heteroatoms. The first-order valence-corrected chi connectivity index (χ1v) is 22.9. The van der Waals surface area contributed by atoms with Crippen molar-refractivity contribution in [2.24, 2.45) is 0 Å². The number of aliphatic hydroxyl groups is 2. The van der Waals surface area contributed by atoms with Gasteiger partial charge in [-0.3, -0.25) is 18.6 Å². The largest absolute Gasteiger partial charge is 0.472 e. The highest BCUT2D eigenvalue weighted by molar-refractivity contribution is 7.47. The Bertz CT molecular complexity index is 999. The van der Waals surface area contributed by atoms with Gasteiger partial charge in [0.1, 0.15) is 12.2 Å². The molecule has 0 heterocycles. The number of carbonyl (C=O) groups excluding carboxylic acids is 2. The van der Waals surface area contributed by atoms with Crippen molar-refractivity contribution in [1.82, 2.24) is 0 Å². The third kappa shape index (κ3) is 37.1. The first-order chi connectivity index (χ1) is 26.3. The number of aliphatic hydroxyl groups excluding tert-OH is 2. The zero-order valence-corrected chi connectivity index (χ0v) is 35.1. The molecule has 0 aromatic heterocycles. The van der Waals surface area contributed by atoms with E-state index in [2.05, 4.69) is 50.3 Å². The topological polar surface area (TPSA) is 149 Å². The molecule has 0 radical (unpaired) electrons. The van der Waals surface area contributed by atoms with E-state index in [4.69, 9.17) is 18.5 Å². The van der Waals surface area contributed by atoms with Crippen LogP contribution in [0, 0.1) is 0 Å². The molecule has 0 amide bonds. The molecular weight excluding hydrogens is 707 g/mol. The summed E-state index contributed by atoms with van der Waals surface area (Å²) in [6.07, 6.45) is 39.9. The molecule has 0 spiro atoms. The number of carbonyl (C=O) groups is 2. The van der Waals surface area contributed by atoms with Crippen LogP contribution in [0.1, 0.15) is 187 Å². The molecule has 0 saturated heterocycles. The van der Waals surface area contributed by atoms with Crippen molar-refractivity contribution in [3.8, 4) is 0 Å². The molecule has 0 saturated carbocycles. The molecule has 0 rings (SSSR count). The molecule has 0 aromatic rings. The number of phosphoric acid groups is 1. The van der Waals surface area contributed by atoms with Crippen LogP contribution in [0.2, 0.25) is 0 Å². The van der Waals surface area contributed by atoms with E-state index in [1.54, 1.807) is 0 Å². The first kappa shape index (κ1) is 52.2. The Morgan fingerprint density at radius 1 is 0.500 bits per heavy atom. The van der Waals surface area contributed by atoms with E-state index in [-0.39, 0.29) is 12.8 Å². The summed E-state index contributed by atoms with van der Waals surface area (Å²) in [5, 5.41) is 19.1. The Kier molecular flexibility index (Phi) is 38.1. The van der Waals surface area contributed by atoms with Gasteiger partial charge in [0.2, 0.25) is 0 Å². The maximum absolute atomic E-state index is 12.3. The summed E-state index contributed by atoms with van der Waals surface area (Å²) in [5.74, 6) is -1.03. The monoisotopic (exact) mass is 787 g/mol. The lowest BCUT2D eigenvalue weighted by Gasteiger charge is -2.20. The quantitative estimate of drug-likeness (QED) is 0.0237. The second-order valence-corrected chi connectivity index (χ2v) is 15.8. The lowest BCUT2D eigenvalue weighted by molar-refractivity contribution is -0.153. The van der Waals surface area contributed by atoms with Crippen molar-refractivity contribution in [2.75, 3.05) is 26.4 Å². The van der Waals surface area contributed by atoms with Gasteiger partial charge in [-0.1, -0.05) is 147 Å². The van der Waals surface area contributed by atoms with E-state index >= 15 is 0 Å². The fourth-order valence-corrected chi connectivity index (χ4v) is 6.52. The van der Waals surface area contributed by atoms with E-state index in [0.717, 1.165) is 77.0 Å². The highest BCUT2D eigenvalue weighted by atomic mass is 31.2. The van der Waals surface area contributed by atoms with Crippen molar-refractivity contribution >= 4 is 19.8 Å². The lowest BCUT2D eigenvalue weighted by Crippen LogP contribution is -2.28. The van der Waals surface area contributed by atoms with Gasteiger partial charge in [0.15, 0.2) is 0 Å².